The maximum absolute atomic E-state index is 11.1. The van der Waals surface area contributed by atoms with Crippen molar-refractivity contribution in [1.82, 2.24) is 0 Å². The van der Waals surface area contributed by atoms with Gasteiger partial charge in [0, 0.05) is 11.8 Å². The first-order chi connectivity index (χ1) is 7.78. The number of nitrogens with one attached hydrogen (secondary N) is 1. The molecule has 0 spiro atoms. The van der Waals surface area contributed by atoms with Crippen molar-refractivity contribution in [2.75, 3.05) is 18.5 Å². The third kappa shape index (κ3) is 3.10. The minimum absolute atomic E-state index is 0.228. The van der Waals surface area contributed by atoms with Gasteiger partial charge >= 0.3 is 0 Å². The van der Waals surface area contributed by atoms with Crippen molar-refractivity contribution >= 4 is 11.6 Å². The largest absolute Gasteiger partial charge is 0.491 e. The fourth-order valence-electron chi connectivity index (χ4n) is 1.21. The molecule has 1 aliphatic rings. The molecular weight excluding hydrogens is 206 g/mol. The van der Waals surface area contributed by atoms with Crippen LogP contribution in [0.3, 0.4) is 0 Å². The third-order valence-corrected chi connectivity index (χ3v) is 2.13. The lowest BCUT2D eigenvalue weighted by atomic mass is 10.3. The van der Waals surface area contributed by atoms with E-state index < -0.39 is 0 Å². The Balaban J connectivity index is 1.94. The topological polar surface area (TPSA) is 50.9 Å². The Bertz CT molecular complexity index is 399. The molecule has 0 radical (unpaired) electrons. The zero-order chi connectivity index (χ0) is 11.4. The van der Waals surface area contributed by atoms with E-state index in [2.05, 4.69) is 11.9 Å². The van der Waals surface area contributed by atoms with Crippen LogP contribution in [-0.4, -0.2) is 25.2 Å². The number of amides is 1. The summed E-state index contributed by atoms with van der Waals surface area (Å²) in [4.78, 5) is 11.1. The van der Waals surface area contributed by atoms with Crippen LogP contribution in [0.25, 0.3) is 0 Å². The van der Waals surface area contributed by atoms with E-state index >= 15 is 0 Å². The summed E-state index contributed by atoms with van der Waals surface area (Å²) in [6.07, 6.45) is 1.46. The molecule has 1 fully saturated rings. The highest BCUT2D eigenvalue weighted by molar-refractivity contribution is 5.98. The van der Waals surface area contributed by atoms with E-state index in [1.165, 1.54) is 6.08 Å². The Hall–Kier alpha value is -1.81. The van der Waals surface area contributed by atoms with Crippen LogP contribution in [0.2, 0.25) is 0 Å². The van der Waals surface area contributed by atoms with Crippen LogP contribution in [0.15, 0.2) is 36.9 Å². The molecule has 1 N–H and O–H groups in total. The van der Waals surface area contributed by atoms with Crippen molar-refractivity contribution in [1.29, 1.82) is 0 Å². The van der Waals surface area contributed by atoms with Crippen molar-refractivity contribution in [2.45, 2.75) is 6.10 Å². The predicted octanol–water partition coefficient (Wildman–Crippen LogP) is 1.59. The average molecular weight is 219 g/mol. The van der Waals surface area contributed by atoms with E-state index in [4.69, 9.17) is 9.47 Å². The Morgan fingerprint density at radius 1 is 1.69 bits per heavy atom. The number of anilines is 1. The molecule has 1 atom stereocenters. The quantitative estimate of drug-likeness (QED) is 0.604. The summed E-state index contributed by atoms with van der Waals surface area (Å²) in [5.41, 5.74) is 0.694. The highest BCUT2D eigenvalue weighted by Crippen LogP contribution is 2.19. The number of carbonyl (C=O) groups is 1. The molecule has 0 aliphatic carbocycles. The number of rotatable bonds is 5. The van der Waals surface area contributed by atoms with E-state index in [1.807, 2.05) is 12.1 Å². The summed E-state index contributed by atoms with van der Waals surface area (Å²) in [5.74, 6) is 0.486. The van der Waals surface area contributed by atoms with Crippen LogP contribution in [0.1, 0.15) is 0 Å². The number of epoxide rings is 1. The molecule has 84 valence electrons. The fraction of sp³-hybridized carbons (Fsp3) is 0.250. The summed E-state index contributed by atoms with van der Waals surface area (Å²) in [7, 11) is 0. The summed E-state index contributed by atoms with van der Waals surface area (Å²) < 4.78 is 10.5. The van der Waals surface area contributed by atoms with Gasteiger partial charge in [-0.3, -0.25) is 4.79 Å². The van der Waals surface area contributed by atoms with Crippen molar-refractivity contribution in [2.24, 2.45) is 0 Å². The predicted molar refractivity (Wildman–Crippen MR) is 60.5 cm³/mol. The van der Waals surface area contributed by atoms with Gasteiger partial charge in [-0.05, 0) is 18.2 Å². The lowest BCUT2D eigenvalue weighted by Crippen LogP contribution is -2.08. The normalized spacial score (nSPS) is 17.6. The van der Waals surface area contributed by atoms with Gasteiger partial charge in [0.25, 0.3) is 0 Å². The number of hydrogen-bond acceptors (Lipinski definition) is 3. The highest BCUT2D eigenvalue weighted by atomic mass is 16.6. The van der Waals surface area contributed by atoms with E-state index in [0.29, 0.717) is 12.3 Å². The zero-order valence-electron chi connectivity index (χ0n) is 8.81. The fourth-order valence-corrected chi connectivity index (χ4v) is 1.21. The first-order valence-corrected chi connectivity index (χ1v) is 5.06. The minimum Gasteiger partial charge on any atom is -0.491 e. The van der Waals surface area contributed by atoms with E-state index in [-0.39, 0.29) is 12.0 Å². The van der Waals surface area contributed by atoms with Crippen LogP contribution in [0.5, 0.6) is 5.75 Å². The average Bonchev–Trinajstić information content (AvgIpc) is 3.10. The molecule has 2 rings (SSSR count). The van der Waals surface area contributed by atoms with Crippen molar-refractivity contribution < 1.29 is 14.3 Å². The monoisotopic (exact) mass is 219 g/mol. The molecule has 1 unspecified atom stereocenters. The Kier molecular flexibility index (Phi) is 3.22. The zero-order valence-corrected chi connectivity index (χ0v) is 8.81. The first kappa shape index (κ1) is 10.7. The molecule has 4 nitrogen and oxygen atoms in total. The summed E-state index contributed by atoms with van der Waals surface area (Å²) in [6, 6.07) is 7.22. The standard InChI is InChI=1S/C12H13NO3/c1-2-12(14)13-9-4-3-5-10(6-9)15-7-11-8-16-11/h2-6,11H,1,7-8H2,(H,13,14). The van der Waals surface area contributed by atoms with Gasteiger partial charge < -0.3 is 14.8 Å². The third-order valence-electron chi connectivity index (χ3n) is 2.13. The molecule has 1 heterocycles. The number of hydrogen-bond donors (Lipinski definition) is 1. The van der Waals surface area contributed by atoms with Gasteiger partial charge in [0.1, 0.15) is 18.5 Å². The maximum Gasteiger partial charge on any atom is 0.247 e. The molecule has 0 saturated carbocycles. The second kappa shape index (κ2) is 4.81. The second-order valence-electron chi connectivity index (χ2n) is 3.49. The molecule has 1 saturated heterocycles. The van der Waals surface area contributed by atoms with Crippen LogP contribution in [0, 0.1) is 0 Å². The molecule has 1 aromatic rings. The van der Waals surface area contributed by atoms with E-state index in [9.17, 15) is 4.79 Å². The summed E-state index contributed by atoms with van der Waals surface area (Å²) >= 11 is 0. The van der Waals surface area contributed by atoms with E-state index in [0.717, 1.165) is 12.4 Å². The summed E-state index contributed by atoms with van der Waals surface area (Å²) in [5, 5.41) is 2.67. The van der Waals surface area contributed by atoms with Crippen LogP contribution >= 0.6 is 0 Å². The molecule has 4 heteroatoms. The Labute approximate surface area is 93.9 Å². The van der Waals surface area contributed by atoms with Gasteiger partial charge in [-0.15, -0.1) is 0 Å². The molecular formula is C12H13NO3. The summed E-state index contributed by atoms with van der Waals surface area (Å²) in [6.45, 7) is 4.71. The first-order valence-electron chi connectivity index (χ1n) is 5.06. The Morgan fingerprint density at radius 3 is 3.19 bits per heavy atom. The van der Waals surface area contributed by atoms with Crippen molar-refractivity contribution in [3.63, 3.8) is 0 Å². The lowest BCUT2D eigenvalue weighted by Gasteiger charge is -2.06. The number of ether oxygens (including phenoxy) is 2. The molecule has 1 aromatic carbocycles. The Morgan fingerprint density at radius 2 is 2.50 bits per heavy atom. The van der Waals surface area contributed by atoms with Gasteiger partial charge in [0.05, 0.1) is 6.61 Å². The van der Waals surface area contributed by atoms with Gasteiger partial charge in [-0.1, -0.05) is 12.6 Å². The van der Waals surface area contributed by atoms with Gasteiger partial charge in [0.15, 0.2) is 0 Å². The van der Waals surface area contributed by atoms with E-state index in [1.54, 1.807) is 12.1 Å². The molecule has 1 aliphatic heterocycles. The number of carbonyl (C=O) groups excluding carboxylic acids is 1. The maximum atomic E-state index is 11.1. The highest BCUT2D eigenvalue weighted by Gasteiger charge is 2.22. The van der Waals surface area contributed by atoms with Crippen molar-refractivity contribution in [3.8, 4) is 5.75 Å². The van der Waals surface area contributed by atoms with Crippen LogP contribution in [0.4, 0.5) is 5.69 Å². The molecule has 16 heavy (non-hydrogen) atoms. The molecule has 0 aromatic heterocycles. The lowest BCUT2D eigenvalue weighted by molar-refractivity contribution is -0.111. The van der Waals surface area contributed by atoms with Crippen LogP contribution < -0.4 is 10.1 Å². The molecule has 0 bridgehead atoms. The molecule has 1 amide bonds. The smallest absolute Gasteiger partial charge is 0.247 e. The second-order valence-corrected chi connectivity index (χ2v) is 3.49. The van der Waals surface area contributed by atoms with Crippen molar-refractivity contribution in [3.05, 3.63) is 36.9 Å². The van der Waals surface area contributed by atoms with Gasteiger partial charge in [-0.2, -0.15) is 0 Å². The van der Waals surface area contributed by atoms with Gasteiger partial charge in [-0.25, -0.2) is 0 Å². The number of benzene rings is 1. The minimum atomic E-state index is -0.234. The SMILES string of the molecule is C=CC(=O)Nc1cccc(OCC2CO2)c1. The van der Waals surface area contributed by atoms with Crippen LogP contribution in [-0.2, 0) is 9.53 Å². The van der Waals surface area contributed by atoms with Gasteiger partial charge in [0.2, 0.25) is 5.91 Å².